The van der Waals surface area contributed by atoms with E-state index in [1.807, 2.05) is 6.07 Å². The Labute approximate surface area is 99.2 Å². The van der Waals surface area contributed by atoms with Gasteiger partial charge >= 0.3 is 0 Å². The predicted octanol–water partition coefficient (Wildman–Crippen LogP) is 2.06. The van der Waals surface area contributed by atoms with Gasteiger partial charge in [-0.1, -0.05) is 12.1 Å². The van der Waals surface area contributed by atoms with Crippen LogP contribution in [0.1, 0.15) is 10.4 Å². The van der Waals surface area contributed by atoms with Crippen LogP contribution in [0.15, 0.2) is 48.7 Å². The van der Waals surface area contributed by atoms with Crippen LogP contribution in [0, 0.1) is 0 Å². The fourth-order valence-corrected chi connectivity index (χ4v) is 1.49. The van der Waals surface area contributed by atoms with E-state index in [1.165, 1.54) is 17.0 Å². The number of rotatable bonds is 2. The van der Waals surface area contributed by atoms with Gasteiger partial charge in [-0.05, 0) is 30.3 Å². The predicted molar refractivity (Wildman–Crippen MR) is 65.1 cm³/mol. The lowest BCUT2D eigenvalue weighted by Gasteiger charge is -2.15. The first-order chi connectivity index (χ1) is 8.18. The van der Waals surface area contributed by atoms with Gasteiger partial charge in [0.15, 0.2) is 0 Å². The van der Waals surface area contributed by atoms with Crippen molar-refractivity contribution in [3.63, 3.8) is 0 Å². The second kappa shape index (κ2) is 4.65. The first-order valence-electron chi connectivity index (χ1n) is 5.16. The summed E-state index contributed by atoms with van der Waals surface area (Å²) in [7, 11) is 1.65. The topological polar surface area (TPSA) is 53.4 Å². The quantitative estimate of drug-likeness (QED) is 0.856. The third kappa shape index (κ3) is 2.42. The first kappa shape index (κ1) is 11.1. The minimum Gasteiger partial charge on any atom is -0.508 e. The molecule has 0 bridgehead atoms. The van der Waals surface area contributed by atoms with E-state index in [9.17, 15) is 9.90 Å². The van der Waals surface area contributed by atoms with Crippen molar-refractivity contribution in [3.8, 4) is 5.75 Å². The molecule has 0 spiro atoms. The molecule has 0 radical (unpaired) electrons. The van der Waals surface area contributed by atoms with Crippen LogP contribution < -0.4 is 4.90 Å². The lowest BCUT2D eigenvalue weighted by molar-refractivity contribution is 0.0992. The zero-order chi connectivity index (χ0) is 12.3. The molecular weight excluding hydrogens is 216 g/mol. The number of pyridine rings is 1. The highest BCUT2D eigenvalue weighted by molar-refractivity contribution is 6.05. The molecule has 4 heteroatoms. The molecule has 17 heavy (non-hydrogen) atoms. The van der Waals surface area contributed by atoms with Crippen molar-refractivity contribution in [2.75, 3.05) is 11.9 Å². The van der Waals surface area contributed by atoms with Crippen LogP contribution in [0.3, 0.4) is 0 Å². The van der Waals surface area contributed by atoms with E-state index in [4.69, 9.17) is 0 Å². The smallest absolute Gasteiger partial charge is 0.259 e. The summed E-state index contributed by atoms with van der Waals surface area (Å²) >= 11 is 0. The summed E-state index contributed by atoms with van der Waals surface area (Å²) in [5, 5.41) is 9.33. The highest BCUT2D eigenvalue weighted by Crippen LogP contribution is 2.15. The molecule has 0 aliphatic rings. The van der Waals surface area contributed by atoms with Gasteiger partial charge in [0.05, 0.1) is 0 Å². The van der Waals surface area contributed by atoms with Gasteiger partial charge < -0.3 is 5.11 Å². The Morgan fingerprint density at radius 1 is 1.24 bits per heavy atom. The number of aromatic nitrogens is 1. The van der Waals surface area contributed by atoms with Crippen LogP contribution in [-0.2, 0) is 0 Å². The molecule has 86 valence electrons. The van der Waals surface area contributed by atoms with E-state index >= 15 is 0 Å². The van der Waals surface area contributed by atoms with Gasteiger partial charge in [0.2, 0.25) is 0 Å². The highest BCUT2D eigenvalue weighted by Gasteiger charge is 2.14. The Balaban J connectivity index is 2.27. The number of carbonyl (C=O) groups is 1. The van der Waals surface area contributed by atoms with Gasteiger partial charge in [-0.3, -0.25) is 9.69 Å². The minimum absolute atomic E-state index is 0.0743. The monoisotopic (exact) mass is 228 g/mol. The fourth-order valence-electron chi connectivity index (χ4n) is 1.49. The third-order valence-corrected chi connectivity index (χ3v) is 2.39. The standard InChI is InChI=1S/C13H12N2O2/c1-15(12-7-2-3-8-14-12)13(17)10-5-4-6-11(16)9-10/h2-9,16H,1H3. The normalized spacial score (nSPS) is 9.94. The molecule has 1 aromatic heterocycles. The van der Waals surface area contributed by atoms with Crippen LogP contribution in [0.25, 0.3) is 0 Å². The van der Waals surface area contributed by atoms with Crippen molar-refractivity contribution in [1.29, 1.82) is 0 Å². The Morgan fingerprint density at radius 2 is 2.06 bits per heavy atom. The average molecular weight is 228 g/mol. The molecule has 1 N–H and O–H groups in total. The van der Waals surface area contributed by atoms with Crippen LogP contribution >= 0.6 is 0 Å². The average Bonchev–Trinajstić information content (AvgIpc) is 2.38. The summed E-state index contributed by atoms with van der Waals surface area (Å²) in [5.74, 6) is 0.436. The summed E-state index contributed by atoms with van der Waals surface area (Å²) in [4.78, 5) is 17.6. The lowest BCUT2D eigenvalue weighted by atomic mass is 10.2. The number of anilines is 1. The van der Waals surface area contributed by atoms with Crippen molar-refractivity contribution in [2.45, 2.75) is 0 Å². The van der Waals surface area contributed by atoms with E-state index in [0.717, 1.165) is 0 Å². The van der Waals surface area contributed by atoms with Crippen LogP contribution in [0.2, 0.25) is 0 Å². The molecule has 4 nitrogen and oxygen atoms in total. The number of aromatic hydroxyl groups is 1. The van der Waals surface area contributed by atoms with Gasteiger partial charge in [0, 0.05) is 18.8 Å². The van der Waals surface area contributed by atoms with Crippen LogP contribution in [-0.4, -0.2) is 23.0 Å². The summed E-state index contributed by atoms with van der Waals surface area (Å²) in [5.41, 5.74) is 0.429. The highest BCUT2D eigenvalue weighted by atomic mass is 16.3. The molecule has 1 amide bonds. The van der Waals surface area contributed by atoms with E-state index in [1.54, 1.807) is 37.5 Å². The molecule has 0 saturated heterocycles. The van der Waals surface area contributed by atoms with Gasteiger partial charge in [-0.15, -0.1) is 0 Å². The van der Waals surface area contributed by atoms with E-state index < -0.39 is 0 Å². The van der Waals surface area contributed by atoms with Gasteiger partial charge in [-0.25, -0.2) is 4.98 Å². The second-order valence-electron chi connectivity index (χ2n) is 3.60. The number of hydrogen-bond acceptors (Lipinski definition) is 3. The van der Waals surface area contributed by atoms with Crippen LogP contribution in [0.4, 0.5) is 5.82 Å². The minimum atomic E-state index is -0.209. The second-order valence-corrected chi connectivity index (χ2v) is 3.60. The molecule has 0 aliphatic carbocycles. The number of carbonyl (C=O) groups excluding carboxylic acids is 1. The van der Waals surface area contributed by atoms with Crippen molar-refractivity contribution >= 4 is 11.7 Å². The number of amides is 1. The summed E-state index contributed by atoms with van der Waals surface area (Å²) < 4.78 is 0. The Morgan fingerprint density at radius 3 is 2.71 bits per heavy atom. The number of phenols is 1. The Kier molecular flexibility index (Phi) is 3.05. The molecule has 0 aliphatic heterocycles. The van der Waals surface area contributed by atoms with Gasteiger partial charge in [-0.2, -0.15) is 0 Å². The summed E-state index contributed by atoms with van der Waals surface area (Å²) in [6.07, 6.45) is 1.63. The van der Waals surface area contributed by atoms with Gasteiger partial charge in [0.1, 0.15) is 11.6 Å². The lowest BCUT2D eigenvalue weighted by Crippen LogP contribution is -2.26. The largest absolute Gasteiger partial charge is 0.508 e. The molecule has 1 heterocycles. The van der Waals surface area contributed by atoms with Crippen molar-refractivity contribution in [3.05, 3.63) is 54.2 Å². The molecular formula is C13H12N2O2. The first-order valence-corrected chi connectivity index (χ1v) is 5.16. The summed E-state index contributed by atoms with van der Waals surface area (Å²) in [6.45, 7) is 0. The summed E-state index contributed by atoms with van der Waals surface area (Å²) in [6, 6.07) is 11.6. The zero-order valence-corrected chi connectivity index (χ0v) is 9.37. The molecule has 0 saturated carbocycles. The number of hydrogen-bond donors (Lipinski definition) is 1. The maximum atomic E-state index is 12.1. The van der Waals surface area contributed by atoms with E-state index in [-0.39, 0.29) is 11.7 Å². The van der Waals surface area contributed by atoms with Crippen molar-refractivity contribution < 1.29 is 9.90 Å². The molecule has 2 aromatic rings. The molecule has 2 rings (SSSR count). The molecule has 0 atom stereocenters. The van der Waals surface area contributed by atoms with Crippen LogP contribution in [0.5, 0.6) is 5.75 Å². The maximum Gasteiger partial charge on any atom is 0.259 e. The SMILES string of the molecule is CN(C(=O)c1cccc(O)c1)c1ccccn1. The zero-order valence-electron chi connectivity index (χ0n) is 9.37. The van der Waals surface area contributed by atoms with E-state index in [2.05, 4.69) is 4.98 Å². The number of phenolic OH excluding ortho intramolecular Hbond substituents is 1. The Hall–Kier alpha value is -2.36. The number of benzene rings is 1. The fraction of sp³-hybridized carbons (Fsp3) is 0.0769. The molecule has 0 unspecified atom stereocenters. The third-order valence-electron chi connectivity index (χ3n) is 2.39. The maximum absolute atomic E-state index is 12.1. The van der Waals surface area contributed by atoms with Crippen molar-refractivity contribution in [2.24, 2.45) is 0 Å². The van der Waals surface area contributed by atoms with Gasteiger partial charge in [0.25, 0.3) is 5.91 Å². The number of nitrogens with zero attached hydrogens (tertiary/aromatic N) is 2. The Bertz CT molecular complexity index is 526. The molecule has 0 fully saturated rings. The van der Waals surface area contributed by atoms with E-state index in [0.29, 0.717) is 11.4 Å². The molecule has 1 aromatic carbocycles. The van der Waals surface area contributed by atoms with Crippen molar-refractivity contribution in [1.82, 2.24) is 4.98 Å².